The number of nitrogens with zero attached hydrogens (tertiary/aromatic N) is 1. The summed E-state index contributed by atoms with van der Waals surface area (Å²) in [6.07, 6.45) is 0.572. The highest BCUT2D eigenvalue weighted by Gasteiger charge is 2.26. The lowest BCUT2D eigenvalue weighted by Crippen LogP contribution is -2.29. The summed E-state index contributed by atoms with van der Waals surface area (Å²) in [7, 11) is -2.34. The minimum Gasteiger partial charge on any atom is -0.321 e. The van der Waals surface area contributed by atoms with E-state index in [2.05, 4.69) is 5.32 Å². The molecule has 0 unspecified atom stereocenters. The molecule has 0 aromatic heterocycles. The van der Waals surface area contributed by atoms with Crippen molar-refractivity contribution in [1.82, 2.24) is 4.31 Å². The Labute approximate surface area is 217 Å². The van der Waals surface area contributed by atoms with Gasteiger partial charge in [-0.1, -0.05) is 84.4 Å². The molecule has 0 saturated carbocycles. The Kier molecular flexibility index (Phi) is 7.89. The van der Waals surface area contributed by atoms with E-state index in [1.165, 1.54) is 17.4 Å². The third kappa shape index (κ3) is 5.85. The number of halogens is 1. The number of carbonyl (C=O) groups excluding carboxylic acids is 1. The Bertz CT molecular complexity index is 1460. The van der Waals surface area contributed by atoms with Crippen LogP contribution < -0.4 is 5.32 Å². The summed E-state index contributed by atoms with van der Waals surface area (Å²) in [6, 6.07) is 30.0. The maximum absolute atomic E-state index is 13.3. The van der Waals surface area contributed by atoms with Crippen molar-refractivity contribution in [2.75, 3.05) is 18.9 Å². The van der Waals surface area contributed by atoms with Gasteiger partial charge < -0.3 is 5.32 Å². The van der Waals surface area contributed by atoms with E-state index in [9.17, 15) is 13.2 Å². The van der Waals surface area contributed by atoms with Crippen LogP contribution in [0, 0.1) is 6.92 Å². The number of amides is 1. The number of hydrogen-bond donors (Lipinski definition) is 1. The van der Waals surface area contributed by atoms with Gasteiger partial charge in [-0.2, -0.15) is 0 Å². The van der Waals surface area contributed by atoms with Crippen molar-refractivity contribution in [2.45, 2.75) is 18.2 Å². The Morgan fingerprint density at radius 3 is 2.08 bits per heavy atom. The van der Waals surface area contributed by atoms with Crippen LogP contribution in [0.25, 0.3) is 11.1 Å². The van der Waals surface area contributed by atoms with Gasteiger partial charge in [0.2, 0.25) is 10.0 Å². The number of nitrogens with one attached hydrogen (secondary N) is 1. The van der Waals surface area contributed by atoms with Crippen LogP contribution in [-0.4, -0.2) is 32.2 Å². The highest BCUT2D eigenvalue weighted by atomic mass is 35.5. The predicted octanol–water partition coefficient (Wildman–Crippen LogP) is 6.43. The smallest absolute Gasteiger partial charge is 0.255 e. The molecule has 0 spiro atoms. The van der Waals surface area contributed by atoms with Crippen molar-refractivity contribution in [3.05, 3.63) is 119 Å². The van der Waals surface area contributed by atoms with E-state index < -0.39 is 10.0 Å². The third-order valence-electron chi connectivity index (χ3n) is 5.93. The predicted molar refractivity (Wildman–Crippen MR) is 146 cm³/mol. The summed E-state index contributed by atoms with van der Waals surface area (Å²) < 4.78 is 28.0. The lowest BCUT2D eigenvalue weighted by molar-refractivity contribution is 0.102. The molecule has 4 rings (SSSR count). The molecule has 36 heavy (non-hydrogen) atoms. The second-order valence-electron chi connectivity index (χ2n) is 8.58. The monoisotopic (exact) mass is 518 g/mol. The van der Waals surface area contributed by atoms with Crippen LogP contribution in [0.4, 0.5) is 5.69 Å². The first-order valence-electron chi connectivity index (χ1n) is 11.5. The summed E-state index contributed by atoms with van der Waals surface area (Å²) in [5, 5.41) is 2.77. The molecule has 0 aliphatic rings. The second-order valence-corrected chi connectivity index (χ2v) is 11.0. The van der Waals surface area contributed by atoms with Gasteiger partial charge >= 0.3 is 0 Å². The fourth-order valence-corrected chi connectivity index (χ4v) is 5.66. The van der Waals surface area contributed by atoms with Gasteiger partial charge in [0, 0.05) is 19.2 Å². The Balaban J connectivity index is 1.53. The minimum atomic E-state index is -3.87. The first-order chi connectivity index (χ1) is 17.3. The standard InChI is InChI=1S/C29H27ClN2O3S/c1-21-19-26(31-29(33)25-15-13-24(14-16-25)23-11-7-4-8-12-23)28(30)27(20-21)36(34,35)32(2)18-17-22-9-5-3-6-10-22/h3-16,19-20H,17-18H2,1-2H3,(H,31,33). The average molecular weight is 519 g/mol. The quantitative estimate of drug-likeness (QED) is 0.292. The molecule has 184 valence electrons. The maximum atomic E-state index is 13.3. The molecule has 4 aromatic rings. The van der Waals surface area contributed by atoms with Crippen molar-refractivity contribution in [3.8, 4) is 11.1 Å². The van der Waals surface area contributed by atoms with Crippen molar-refractivity contribution in [1.29, 1.82) is 0 Å². The molecular weight excluding hydrogens is 492 g/mol. The molecule has 0 radical (unpaired) electrons. The molecule has 1 N–H and O–H groups in total. The number of aryl methyl sites for hydroxylation is 1. The first kappa shape index (κ1) is 25.6. The topological polar surface area (TPSA) is 66.5 Å². The van der Waals surface area contributed by atoms with E-state index in [0.29, 0.717) is 24.1 Å². The molecule has 0 fully saturated rings. The molecule has 0 aliphatic heterocycles. The fraction of sp³-hybridized carbons (Fsp3) is 0.138. The molecule has 7 heteroatoms. The van der Waals surface area contributed by atoms with Crippen LogP contribution in [0.3, 0.4) is 0 Å². The van der Waals surface area contributed by atoms with Gasteiger partial charge in [0.05, 0.1) is 10.7 Å². The molecule has 5 nitrogen and oxygen atoms in total. The van der Waals surface area contributed by atoms with Crippen LogP contribution in [0.15, 0.2) is 102 Å². The SMILES string of the molecule is Cc1cc(NC(=O)c2ccc(-c3ccccc3)cc2)c(Cl)c(S(=O)(=O)N(C)CCc2ccccc2)c1. The van der Waals surface area contributed by atoms with E-state index in [-0.39, 0.29) is 21.5 Å². The molecule has 0 bridgehead atoms. The summed E-state index contributed by atoms with van der Waals surface area (Å²) in [4.78, 5) is 12.9. The Morgan fingerprint density at radius 1 is 0.861 bits per heavy atom. The van der Waals surface area contributed by atoms with Gasteiger partial charge in [-0.15, -0.1) is 0 Å². The lowest BCUT2D eigenvalue weighted by Gasteiger charge is -2.20. The maximum Gasteiger partial charge on any atom is 0.255 e. The molecule has 0 heterocycles. The van der Waals surface area contributed by atoms with E-state index in [1.807, 2.05) is 72.8 Å². The van der Waals surface area contributed by atoms with Gasteiger partial charge in [-0.25, -0.2) is 12.7 Å². The number of rotatable bonds is 8. The lowest BCUT2D eigenvalue weighted by atomic mass is 10.0. The minimum absolute atomic E-state index is 0.0126. The van der Waals surface area contributed by atoms with Crippen LogP contribution >= 0.6 is 11.6 Å². The first-order valence-corrected chi connectivity index (χ1v) is 13.3. The van der Waals surface area contributed by atoms with Crippen LogP contribution in [0.5, 0.6) is 0 Å². The molecule has 0 aliphatic carbocycles. The van der Waals surface area contributed by atoms with E-state index >= 15 is 0 Å². The second kappa shape index (κ2) is 11.1. The molecule has 0 saturated heterocycles. The average Bonchev–Trinajstić information content (AvgIpc) is 2.90. The summed E-state index contributed by atoms with van der Waals surface area (Å²) in [5.74, 6) is -0.372. The van der Waals surface area contributed by atoms with E-state index in [0.717, 1.165) is 16.7 Å². The van der Waals surface area contributed by atoms with Crippen molar-refractivity contribution < 1.29 is 13.2 Å². The van der Waals surface area contributed by atoms with Gasteiger partial charge in [-0.05, 0) is 59.9 Å². The molecular formula is C29H27ClN2O3S. The highest BCUT2D eigenvalue weighted by molar-refractivity contribution is 7.89. The zero-order valence-electron chi connectivity index (χ0n) is 20.1. The number of sulfonamides is 1. The Morgan fingerprint density at radius 2 is 1.44 bits per heavy atom. The van der Waals surface area contributed by atoms with Crippen LogP contribution in [-0.2, 0) is 16.4 Å². The van der Waals surface area contributed by atoms with Crippen LogP contribution in [0.1, 0.15) is 21.5 Å². The fourth-order valence-electron chi connectivity index (χ4n) is 3.87. The van der Waals surface area contributed by atoms with Gasteiger partial charge in [-0.3, -0.25) is 4.79 Å². The summed E-state index contributed by atoms with van der Waals surface area (Å²) >= 11 is 6.54. The normalized spacial score (nSPS) is 11.4. The number of hydrogen-bond acceptors (Lipinski definition) is 3. The van der Waals surface area contributed by atoms with Gasteiger partial charge in [0.1, 0.15) is 4.90 Å². The highest BCUT2D eigenvalue weighted by Crippen LogP contribution is 2.33. The summed E-state index contributed by atoms with van der Waals surface area (Å²) in [6.45, 7) is 2.07. The largest absolute Gasteiger partial charge is 0.321 e. The summed E-state index contributed by atoms with van der Waals surface area (Å²) in [5.41, 5.74) is 4.45. The van der Waals surface area contributed by atoms with Gasteiger partial charge in [0.25, 0.3) is 5.91 Å². The number of anilines is 1. The molecule has 1 amide bonds. The van der Waals surface area contributed by atoms with Crippen molar-refractivity contribution >= 4 is 33.2 Å². The zero-order valence-corrected chi connectivity index (χ0v) is 21.7. The van der Waals surface area contributed by atoms with Gasteiger partial charge in [0.15, 0.2) is 0 Å². The number of benzene rings is 4. The molecule has 4 aromatic carbocycles. The zero-order chi connectivity index (χ0) is 25.7. The molecule has 0 atom stereocenters. The number of carbonyl (C=O) groups is 1. The van der Waals surface area contributed by atoms with Crippen LogP contribution in [0.2, 0.25) is 5.02 Å². The van der Waals surface area contributed by atoms with E-state index in [4.69, 9.17) is 11.6 Å². The van der Waals surface area contributed by atoms with Crippen molar-refractivity contribution in [3.63, 3.8) is 0 Å². The third-order valence-corrected chi connectivity index (χ3v) is 8.33. The Hall–Kier alpha value is -3.45. The number of likely N-dealkylation sites (N-methyl/N-ethyl adjacent to an activating group) is 1. The van der Waals surface area contributed by atoms with E-state index in [1.54, 1.807) is 25.1 Å². The van der Waals surface area contributed by atoms with Crippen molar-refractivity contribution in [2.24, 2.45) is 0 Å².